The van der Waals surface area contributed by atoms with Gasteiger partial charge >= 0.3 is 0 Å². The average molecular weight is 260 g/mol. The van der Waals surface area contributed by atoms with Crippen LogP contribution in [0, 0.1) is 0 Å². The molecule has 1 aromatic carbocycles. The predicted molar refractivity (Wildman–Crippen MR) is 82.7 cm³/mol. The Bertz CT molecular complexity index is 350. The third-order valence-corrected chi connectivity index (χ3v) is 4.10. The molecular weight excluding hydrogens is 232 g/mol. The van der Waals surface area contributed by atoms with E-state index in [1.807, 2.05) is 0 Å². The molecule has 0 radical (unpaired) electrons. The van der Waals surface area contributed by atoms with Crippen LogP contribution in [0.3, 0.4) is 0 Å². The molecule has 0 N–H and O–H groups in total. The van der Waals surface area contributed by atoms with Crippen molar-refractivity contribution >= 4 is 0 Å². The monoisotopic (exact) mass is 260 g/mol. The normalized spacial score (nSPS) is 17.8. The summed E-state index contributed by atoms with van der Waals surface area (Å²) in [4.78, 5) is 5.02. The molecule has 2 rings (SSSR count). The van der Waals surface area contributed by atoms with E-state index in [0.29, 0.717) is 0 Å². The van der Waals surface area contributed by atoms with Crippen molar-refractivity contribution in [3.8, 4) is 0 Å². The fourth-order valence-electron chi connectivity index (χ4n) is 2.74. The maximum Gasteiger partial charge on any atom is 0.0110 e. The molecular formula is C17H28N2. The van der Waals surface area contributed by atoms with E-state index in [-0.39, 0.29) is 0 Å². The summed E-state index contributed by atoms with van der Waals surface area (Å²) in [6.07, 6.45) is 4.96. The first-order chi connectivity index (χ1) is 9.28. The van der Waals surface area contributed by atoms with Gasteiger partial charge in [-0.15, -0.1) is 0 Å². The van der Waals surface area contributed by atoms with E-state index in [0.717, 1.165) is 0 Å². The Labute approximate surface area is 118 Å². The molecule has 19 heavy (non-hydrogen) atoms. The van der Waals surface area contributed by atoms with Crippen LogP contribution < -0.4 is 0 Å². The second kappa shape index (κ2) is 7.66. The highest BCUT2D eigenvalue weighted by Crippen LogP contribution is 2.09. The van der Waals surface area contributed by atoms with E-state index in [9.17, 15) is 0 Å². The summed E-state index contributed by atoms with van der Waals surface area (Å²) >= 11 is 0. The number of aryl methyl sites for hydroxylation is 2. The lowest BCUT2D eigenvalue weighted by Crippen LogP contribution is -2.44. The van der Waals surface area contributed by atoms with Gasteiger partial charge in [0.05, 0.1) is 0 Å². The molecule has 0 saturated carbocycles. The van der Waals surface area contributed by atoms with Crippen molar-refractivity contribution in [1.29, 1.82) is 0 Å². The molecule has 0 unspecified atom stereocenters. The third kappa shape index (κ3) is 4.96. The van der Waals surface area contributed by atoms with E-state index in [1.165, 1.54) is 69.5 Å². The molecule has 106 valence electrons. The Morgan fingerprint density at radius 2 is 1.47 bits per heavy atom. The van der Waals surface area contributed by atoms with Crippen LogP contribution in [-0.2, 0) is 12.8 Å². The minimum atomic E-state index is 1.21. The van der Waals surface area contributed by atoms with Crippen molar-refractivity contribution in [2.75, 3.05) is 39.8 Å². The highest BCUT2D eigenvalue weighted by molar-refractivity contribution is 5.22. The van der Waals surface area contributed by atoms with Gasteiger partial charge in [-0.1, -0.05) is 37.6 Å². The molecule has 1 saturated heterocycles. The maximum atomic E-state index is 2.60. The van der Waals surface area contributed by atoms with Gasteiger partial charge in [0.1, 0.15) is 0 Å². The first-order valence-corrected chi connectivity index (χ1v) is 7.76. The SMILES string of the molecule is CCCc1ccc(CCCN2CCN(C)CC2)cc1. The van der Waals surface area contributed by atoms with E-state index in [4.69, 9.17) is 0 Å². The molecule has 0 amide bonds. The number of hydrogen-bond acceptors (Lipinski definition) is 2. The van der Waals surface area contributed by atoms with Crippen LogP contribution in [-0.4, -0.2) is 49.6 Å². The minimum Gasteiger partial charge on any atom is -0.304 e. The van der Waals surface area contributed by atoms with Crippen LogP contribution in [0.4, 0.5) is 0 Å². The van der Waals surface area contributed by atoms with Crippen LogP contribution >= 0.6 is 0 Å². The fraction of sp³-hybridized carbons (Fsp3) is 0.647. The highest BCUT2D eigenvalue weighted by Gasteiger charge is 2.12. The highest BCUT2D eigenvalue weighted by atomic mass is 15.2. The Kier molecular flexibility index (Phi) is 5.87. The number of benzene rings is 1. The Hall–Kier alpha value is -0.860. The van der Waals surface area contributed by atoms with Gasteiger partial charge in [0, 0.05) is 26.2 Å². The summed E-state index contributed by atoms with van der Waals surface area (Å²) in [6, 6.07) is 9.23. The standard InChI is InChI=1S/C17H28N2/c1-3-5-16-7-9-17(10-8-16)6-4-11-19-14-12-18(2)13-15-19/h7-10H,3-6,11-15H2,1-2H3. The lowest BCUT2D eigenvalue weighted by Gasteiger charge is -2.32. The van der Waals surface area contributed by atoms with Gasteiger partial charge in [0.15, 0.2) is 0 Å². The Morgan fingerprint density at radius 3 is 2.05 bits per heavy atom. The molecule has 0 aliphatic carbocycles. The van der Waals surface area contributed by atoms with Gasteiger partial charge in [-0.25, -0.2) is 0 Å². The second-order valence-electron chi connectivity index (χ2n) is 5.81. The average Bonchev–Trinajstić information content (AvgIpc) is 2.43. The molecule has 0 spiro atoms. The van der Waals surface area contributed by atoms with E-state index in [2.05, 4.69) is 48.0 Å². The zero-order valence-corrected chi connectivity index (χ0v) is 12.6. The first-order valence-electron chi connectivity index (χ1n) is 7.76. The molecule has 0 aromatic heterocycles. The van der Waals surface area contributed by atoms with Gasteiger partial charge < -0.3 is 9.80 Å². The fourth-order valence-corrected chi connectivity index (χ4v) is 2.74. The largest absolute Gasteiger partial charge is 0.304 e. The van der Waals surface area contributed by atoms with Crippen molar-refractivity contribution < 1.29 is 0 Å². The molecule has 2 nitrogen and oxygen atoms in total. The summed E-state index contributed by atoms with van der Waals surface area (Å²) < 4.78 is 0. The summed E-state index contributed by atoms with van der Waals surface area (Å²) in [6.45, 7) is 8.43. The Balaban J connectivity index is 1.67. The van der Waals surface area contributed by atoms with Gasteiger partial charge in [-0.05, 0) is 44.0 Å². The van der Waals surface area contributed by atoms with Crippen molar-refractivity contribution in [3.63, 3.8) is 0 Å². The van der Waals surface area contributed by atoms with Crippen molar-refractivity contribution in [2.24, 2.45) is 0 Å². The number of nitrogens with zero attached hydrogens (tertiary/aromatic N) is 2. The minimum absolute atomic E-state index is 1.21. The maximum absolute atomic E-state index is 2.60. The molecule has 1 heterocycles. The van der Waals surface area contributed by atoms with Crippen LogP contribution in [0.2, 0.25) is 0 Å². The summed E-state index contributed by atoms with van der Waals surface area (Å²) in [7, 11) is 2.22. The number of piperazine rings is 1. The van der Waals surface area contributed by atoms with E-state index >= 15 is 0 Å². The van der Waals surface area contributed by atoms with E-state index < -0.39 is 0 Å². The first kappa shape index (κ1) is 14.5. The number of likely N-dealkylation sites (N-methyl/N-ethyl adjacent to an activating group) is 1. The Morgan fingerprint density at radius 1 is 0.895 bits per heavy atom. The van der Waals surface area contributed by atoms with Crippen LogP contribution in [0.5, 0.6) is 0 Å². The molecule has 1 aliphatic rings. The molecule has 1 aromatic rings. The van der Waals surface area contributed by atoms with Gasteiger partial charge in [-0.3, -0.25) is 0 Å². The van der Waals surface area contributed by atoms with Crippen molar-refractivity contribution in [1.82, 2.24) is 9.80 Å². The summed E-state index contributed by atoms with van der Waals surface area (Å²) in [5.41, 5.74) is 2.97. The zero-order chi connectivity index (χ0) is 13.5. The van der Waals surface area contributed by atoms with Crippen molar-refractivity contribution in [2.45, 2.75) is 32.6 Å². The summed E-state index contributed by atoms with van der Waals surface area (Å²) in [5, 5.41) is 0. The van der Waals surface area contributed by atoms with Gasteiger partial charge in [-0.2, -0.15) is 0 Å². The number of hydrogen-bond donors (Lipinski definition) is 0. The van der Waals surface area contributed by atoms with Crippen LogP contribution in [0.25, 0.3) is 0 Å². The topological polar surface area (TPSA) is 6.48 Å². The van der Waals surface area contributed by atoms with Crippen LogP contribution in [0.15, 0.2) is 24.3 Å². The summed E-state index contributed by atoms with van der Waals surface area (Å²) in [5.74, 6) is 0. The lowest BCUT2D eigenvalue weighted by molar-refractivity contribution is 0.153. The molecule has 2 heteroatoms. The quantitative estimate of drug-likeness (QED) is 0.776. The second-order valence-corrected chi connectivity index (χ2v) is 5.81. The smallest absolute Gasteiger partial charge is 0.0110 e. The molecule has 0 atom stereocenters. The lowest BCUT2D eigenvalue weighted by atomic mass is 10.0. The molecule has 1 fully saturated rings. The molecule has 0 bridgehead atoms. The van der Waals surface area contributed by atoms with Crippen LogP contribution in [0.1, 0.15) is 30.9 Å². The third-order valence-electron chi connectivity index (χ3n) is 4.10. The predicted octanol–water partition coefficient (Wildman–Crippen LogP) is 2.82. The zero-order valence-electron chi connectivity index (χ0n) is 12.6. The van der Waals surface area contributed by atoms with Gasteiger partial charge in [0.25, 0.3) is 0 Å². The van der Waals surface area contributed by atoms with E-state index in [1.54, 1.807) is 0 Å². The van der Waals surface area contributed by atoms with Gasteiger partial charge in [0.2, 0.25) is 0 Å². The van der Waals surface area contributed by atoms with Crippen molar-refractivity contribution in [3.05, 3.63) is 35.4 Å². The molecule has 1 aliphatic heterocycles. The number of rotatable bonds is 6.